The molecule has 0 radical (unpaired) electrons. The number of nitrogens with zero attached hydrogens (tertiary/aromatic N) is 3. The first-order chi connectivity index (χ1) is 14.8. The summed E-state index contributed by atoms with van der Waals surface area (Å²) in [6, 6.07) is 9.58. The van der Waals surface area contributed by atoms with Gasteiger partial charge in [-0.05, 0) is 50.1 Å². The molecule has 0 aliphatic rings. The third-order valence-electron chi connectivity index (χ3n) is 5.17. The van der Waals surface area contributed by atoms with Crippen molar-refractivity contribution in [1.82, 2.24) is 14.6 Å². The number of carbonyl (C=O) groups excluding carboxylic acids is 1. The van der Waals surface area contributed by atoms with Gasteiger partial charge in [0.2, 0.25) is 0 Å². The molecule has 2 aromatic heterocycles. The summed E-state index contributed by atoms with van der Waals surface area (Å²) in [6.07, 6.45) is 1.52. The Morgan fingerprint density at radius 2 is 1.87 bits per heavy atom. The van der Waals surface area contributed by atoms with Crippen molar-refractivity contribution in [3.8, 4) is 16.9 Å². The monoisotopic (exact) mass is 438 g/mol. The molecular formula is C23H20ClFN4O2. The fourth-order valence-corrected chi connectivity index (χ4v) is 3.65. The normalized spacial score (nSPS) is 11.0. The van der Waals surface area contributed by atoms with Crippen LogP contribution in [-0.4, -0.2) is 27.6 Å². The van der Waals surface area contributed by atoms with Gasteiger partial charge in [-0.3, -0.25) is 4.79 Å². The molecule has 0 unspecified atom stereocenters. The second kappa shape index (κ2) is 8.00. The molecule has 158 valence electrons. The van der Waals surface area contributed by atoms with Gasteiger partial charge in [0.1, 0.15) is 11.6 Å². The van der Waals surface area contributed by atoms with Crippen molar-refractivity contribution in [1.29, 1.82) is 0 Å². The molecule has 1 amide bonds. The summed E-state index contributed by atoms with van der Waals surface area (Å²) in [7, 11) is 1.51. The topological polar surface area (TPSA) is 68.5 Å². The third-order valence-corrected chi connectivity index (χ3v) is 5.57. The van der Waals surface area contributed by atoms with Crippen molar-refractivity contribution < 1.29 is 13.9 Å². The van der Waals surface area contributed by atoms with Crippen LogP contribution in [0.25, 0.3) is 16.8 Å². The van der Waals surface area contributed by atoms with E-state index in [1.54, 1.807) is 35.7 Å². The number of aromatic nitrogens is 3. The van der Waals surface area contributed by atoms with Crippen LogP contribution in [-0.2, 0) is 0 Å². The van der Waals surface area contributed by atoms with Gasteiger partial charge < -0.3 is 10.1 Å². The van der Waals surface area contributed by atoms with E-state index in [0.29, 0.717) is 33.4 Å². The minimum atomic E-state index is -0.344. The second-order valence-electron chi connectivity index (χ2n) is 7.22. The van der Waals surface area contributed by atoms with Crippen LogP contribution in [0.2, 0.25) is 5.02 Å². The van der Waals surface area contributed by atoms with E-state index in [-0.39, 0.29) is 11.7 Å². The summed E-state index contributed by atoms with van der Waals surface area (Å²) in [5, 5.41) is 7.97. The number of ether oxygens (including phenoxy) is 1. The molecule has 0 fully saturated rings. The SMILES string of the molecule is COc1cc(Cl)c(C)cc1NC(=O)c1cnc2c(-c3ccc(F)cc3)c(C)nn2c1C. The fraction of sp³-hybridized carbons (Fsp3) is 0.174. The van der Waals surface area contributed by atoms with Crippen molar-refractivity contribution in [2.75, 3.05) is 12.4 Å². The van der Waals surface area contributed by atoms with Crippen LogP contribution in [0.4, 0.5) is 10.1 Å². The third kappa shape index (κ3) is 3.72. The second-order valence-corrected chi connectivity index (χ2v) is 7.62. The summed E-state index contributed by atoms with van der Waals surface area (Å²) < 4.78 is 20.3. The molecule has 0 aliphatic heterocycles. The molecule has 0 aliphatic carbocycles. The molecule has 2 heterocycles. The number of amides is 1. The minimum Gasteiger partial charge on any atom is -0.495 e. The van der Waals surface area contributed by atoms with E-state index in [4.69, 9.17) is 16.3 Å². The lowest BCUT2D eigenvalue weighted by molar-refractivity contribution is 0.102. The molecule has 0 saturated heterocycles. The molecule has 1 N–H and O–H groups in total. The Morgan fingerprint density at radius 1 is 1.16 bits per heavy atom. The highest BCUT2D eigenvalue weighted by Crippen LogP contribution is 2.32. The molecule has 0 bridgehead atoms. The quantitative estimate of drug-likeness (QED) is 0.464. The van der Waals surface area contributed by atoms with E-state index in [1.165, 1.54) is 25.4 Å². The van der Waals surface area contributed by atoms with Gasteiger partial charge >= 0.3 is 0 Å². The molecule has 8 heteroatoms. The van der Waals surface area contributed by atoms with E-state index in [0.717, 1.165) is 22.4 Å². The Hall–Kier alpha value is -3.45. The van der Waals surface area contributed by atoms with Crippen molar-refractivity contribution in [3.05, 3.63) is 75.9 Å². The van der Waals surface area contributed by atoms with Gasteiger partial charge in [0.05, 0.1) is 29.7 Å². The predicted octanol–water partition coefficient (Wildman–Crippen LogP) is 5.37. The number of anilines is 1. The van der Waals surface area contributed by atoms with Crippen molar-refractivity contribution in [2.45, 2.75) is 20.8 Å². The van der Waals surface area contributed by atoms with Gasteiger partial charge in [-0.25, -0.2) is 13.9 Å². The first-order valence-corrected chi connectivity index (χ1v) is 9.94. The maximum absolute atomic E-state index is 13.3. The van der Waals surface area contributed by atoms with Crippen LogP contribution < -0.4 is 10.1 Å². The summed E-state index contributed by atoms with van der Waals surface area (Å²) in [4.78, 5) is 17.5. The number of carbonyl (C=O) groups is 1. The van der Waals surface area contributed by atoms with E-state index in [2.05, 4.69) is 15.4 Å². The minimum absolute atomic E-state index is 0.311. The predicted molar refractivity (Wildman–Crippen MR) is 119 cm³/mol. The summed E-state index contributed by atoms with van der Waals surface area (Å²) >= 11 is 6.15. The van der Waals surface area contributed by atoms with Crippen molar-refractivity contribution in [3.63, 3.8) is 0 Å². The zero-order chi connectivity index (χ0) is 22.3. The average Bonchev–Trinajstić information content (AvgIpc) is 3.08. The van der Waals surface area contributed by atoms with E-state index >= 15 is 0 Å². The molecule has 0 spiro atoms. The van der Waals surface area contributed by atoms with Crippen molar-refractivity contribution >= 4 is 28.8 Å². The molecule has 4 aromatic rings. The first-order valence-electron chi connectivity index (χ1n) is 9.56. The number of hydrogen-bond acceptors (Lipinski definition) is 4. The van der Waals surface area contributed by atoms with Gasteiger partial charge in [0.15, 0.2) is 5.65 Å². The molecule has 0 atom stereocenters. The van der Waals surface area contributed by atoms with Crippen LogP contribution in [0.3, 0.4) is 0 Å². The largest absolute Gasteiger partial charge is 0.495 e. The highest BCUT2D eigenvalue weighted by Gasteiger charge is 2.20. The first kappa shape index (κ1) is 20.8. The highest BCUT2D eigenvalue weighted by atomic mass is 35.5. The molecule has 31 heavy (non-hydrogen) atoms. The maximum Gasteiger partial charge on any atom is 0.259 e. The molecular weight excluding hydrogens is 419 g/mol. The zero-order valence-corrected chi connectivity index (χ0v) is 18.2. The standard InChI is InChI=1S/C23H20ClFN4O2/c1-12-9-19(20(31-4)10-18(12)24)27-23(30)17-11-26-22-21(13(2)28-29(22)14(17)3)15-5-7-16(25)8-6-15/h5-11H,1-4H3,(H,27,30). The number of methoxy groups -OCH3 is 1. The average molecular weight is 439 g/mol. The van der Waals surface area contributed by atoms with Gasteiger partial charge in [-0.15, -0.1) is 0 Å². The summed E-state index contributed by atoms with van der Waals surface area (Å²) in [5.74, 6) is -0.193. The summed E-state index contributed by atoms with van der Waals surface area (Å²) in [6.45, 7) is 5.50. The van der Waals surface area contributed by atoms with Gasteiger partial charge in [0, 0.05) is 22.8 Å². The Kier molecular flexibility index (Phi) is 5.37. The Labute approximate surface area is 183 Å². The smallest absolute Gasteiger partial charge is 0.259 e. The van der Waals surface area contributed by atoms with Crippen molar-refractivity contribution in [2.24, 2.45) is 0 Å². The number of nitrogens with one attached hydrogen (secondary N) is 1. The lowest BCUT2D eigenvalue weighted by atomic mass is 10.1. The zero-order valence-electron chi connectivity index (χ0n) is 17.5. The highest BCUT2D eigenvalue weighted by molar-refractivity contribution is 6.31. The lowest BCUT2D eigenvalue weighted by Gasteiger charge is -2.13. The van der Waals surface area contributed by atoms with E-state index < -0.39 is 0 Å². The molecule has 6 nitrogen and oxygen atoms in total. The van der Waals surface area contributed by atoms with Crippen LogP contribution in [0.1, 0.15) is 27.3 Å². The number of rotatable bonds is 4. The maximum atomic E-state index is 13.3. The van der Waals surface area contributed by atoms with Gasteiger partial charge in [-0.1, -0.05) is 23.7 Å². The molecule has 0 saturated carbocycles. The molecule has 2 aromatic carbocycles. The number of benzene rings is 2. The number of hydrogen-bond donors (Lipinski definition) is 1. The van der Waals surface area contributed by atoms with E-state index in [9.17, 15) is 9.18 Å². The van der Waals surface area contributed by atoms with Gasteiger partial charge in [-0.2, -0.15) is 5.10 Å². The van der Waals surface area contributed by atoms with Crippen LogP contribution >= 0.6 is 11.6 Å². The Balaban J connectivity index is 1.75. The van der Waals surface area contributed by atoms with E-state index in [1.807, 2.05) is 13.8 Å². The lowest BCUT2D eigenvalue weighted by Crippen LogP contribution is -2.16. The fourth-order valence-electron chi connectivity index (χ4n) is 3.50. The van der Waals surface area contributed by atoms with Crippen LogP contribution in [0, 0.1) is 26.6 Å². The summed E-state index contributed by atoms with van der Waals surface area (Å²) in [5.41, 5.74) is 5.25. The number of halogens is 2. The van der Waals surface area contributed by atoms with Crippen LogP contribution in [0.5, 0.6) is 5.75 Å². The van der Waals surface area contributed by atoms with Gasteiger partial charge in [0.25, 0.3) is 5.91 Å². The Bertz CT molecular complexity index is 1320. The van der Waals surface area contributed by atoms with Crippen LogP contribution in [0.15, 0.2) is 42.6 Å². The number of aryl methyl sites for hydroxylation is 3. The molecule has 4 rings (SSSR count). The Morgan fingerprint density at radius 3 is 2.55 bits per heavy atom. The number of fused-ring (bicyclic) bond motifs is 1.